The molecule has 0 nitrogen and oxygen atoms in total. The Kier molecular flexibility index (Phi) is 2.83. The smallest absolute Gasteiger partial charge is 0.0542 e. The fourth-order valence-corrected chi connectivity index (χ4v) is 5.78. The molecule has 0 saturated heterocycles. The van der Waals surface area contributed by atoms with Crippen LogP contribution in [-0.4, -0.2) is 0 Å². The molecule has 4 aromatic rings. The third-order valence-electron chi connectivity index (χ3n) is 3.00. The highest BCUT2D eigenvalue weighted by Crippen LogP contribution is 2.44. The van der Waals surface area contributed by atoms with Crippen LogP contribution < -0.4 is 0 Å². The first-order valence-electron chi connectivity index (χ1n) is 5.42. The van der Waals surface area contributed by atoms with Gasteiger partial charge in [-0.3, -0.25) is 0 Å². The molecule has 2 heterocycles. The van der Waals surface area contributed by atoms with Crippen molar-refractivity contribution < 1.29 is 0 Å². The number of hydrogen-bond acceptors (Lipinski definition) is 2. The lowest BCUT2D eigenvalue weighted by molar-refractivity contribution is 1.77. The van der Waals surface area contributed by atoms with Crippen molar-refractivity contribution in [3.63, 3.8) is 0 Å². The maximum absolute atomic E-state index is 2.39. The van der Waals surface area contributed by atoms with E-state index in [0.717, 1.165) is 0 Å². The van der Waals surface area contributed by atoms with E-state index in [2.05, 4.69) is 81.6 Å². The van der Waals surface area contributed by atoms with E-state index in [0.29, 0.717) is 0 Å². The minimum absolute atomic E-state index is 1.31. The molecule has 0 fully saturated rings. The molecule has 0 radical (unpaired) electrons. The monoisotopic (exact) mass is 492 g/mol. The van der Waals surface area contributed by atoms with Crippen molar-refractivity contribution in [2.45, 2.75) is 0 Å². The summed E-state index contributed by atoms with van der Waals surface area (Å²) >= 11 is 8.62. The highest BCUT2D eigenvalue weighted by molar-refractivity contribution is 14.1. The SMILES string of the molecule is Ic1ccc2sc3c4cc(I)ccc4sc3c2c1. The molecule has 0 saturated carbocycles. The first-order valence-corrected chi connectivity index (χ1v) is 9.21. The summed E-state index contributed by atoms with van der Waals surface area (Å²) in [7, 11) is 0. The lowest BCUT2D eigenvalue weighted by atomic mass is 10.2. The zero-order chi connectivity index (χ0) is 12.3. The van der Waals surface area contributed by atoms with Gasteiger partial charge >= 0.3 is 0 Å². The quantitative estimate of drug-likeness (QED) is 0.247. The summed E-state index contributed by atoms with van der Waals surface area (Å²) in [6, 6.07) is 13.5. The van der Waals surface area contributed by atoms with Crippen LogP contribution in [0.15, 0.2) is 36.4 Å². The van der Waals surface area contributed by atoms with Crippen LogP contribution in [0.2, 0.25) is 0 Å². The highest BCUT2D eigenvalue weighted by Gasteiger charge is 2.12. The van der Waals surface area contributed by atoms with E-state index < -0.39 is 0 Å². The van der Waals surface area contributed by atoms with E-state index in [1.165, 1.54) is 36.7 Å². The first kappa shape index (κ1) is 11.9. The van der Waals surface area contributed by atoms with Crippen molar-refractivity contribution in [1.29, 1.82) is 0 Å². The lowest BCUT2D eigenvalue weighted by Gasteiger charge is -1.92. The minimum atomic E-state index is 1.31. The molecule has 0 aliphatic heterocycles. The molecule has 0 atom stereocenters. The molecule has 0 bridgehead atoms. The van der Waals surface area contributed by atoms with Gasteiger partial charge in [-0.25, -0.2) is 0 Å². The molecular weight excluding hydrogens is 486 g/mol. The van der Waals surface area contributed by atoms with Gasteiger partial charge in [0.25, 0.3) is 0 Å². The Hall–Kier alpha value is 0.0800. The molecular formula is C14H6I2S2. The van der Waals surface area contributed by atoms with Gasteiger partial charge in [-0.05, 0) is 81.6 Å². The molecule has 2 aromatic carbocycles. The Morgan fingerprint density at radius 2 is 1.11 bits per heavy atom. The van der Waals surface area contributed by atoms with Crippen molar-refractivity contribution in [2.75, 3.05) is 0 Å². The fraction of sp³-hybridized carbons (Fsp3) is 0. The standard InChI is InChI=1S/C14H6I2S2/c15-7-1-3-11-9(5-7)13-14(17-11)10-6-8(16)2-4-12(10)18-13/h1-6H. The number of hydrogen-bond donors (Lipinski definition) is 0. The van der Waals surface area contributed by atoms with Crippen LogP contribution in [0.3, 0.4) is 0 Å². The van der Waals surface area contributed by atoms with E-state index >= 15 is 0 Å². The number of benzene rings is 2. The molecule has 88 valence electrons. The van der Waals surface area contributed by atoms with Crippen LogP contribution >= 0.6 is 67.9 Å². The van der Waals surface area contributed by atoms with E-state index in [9.17, 15) is 0 Å². The normalized spacial score (nSPS) is 11.9. The van der Waals surface area contributed by atoms with E-state index in [1.807, 2.05) is 22.7 Å². The second-order valence-electron chi connectivity index (χ2n) is 4.14. The van der Waals surface area contributed by atoms with Crippen LogP contribution in [0, 0.1) is 7.14 Å². The van der Waals surface area contributed by atoms with Gasteiger partial charge in [-0.2, -0.15) is 0 Å². The molecule has 18 heavy (non-hydrogen) atoms. The molecule has 0 aliphatic rings. The van der Waals surface area contributed by atoms with Crippen molar-refractivity contribution in [2.24, 2.45) is 0 Å². The zero-order valence-electron chi connectivity index (χ0n) is 9.04. The topological polar surface area (TPSA) is 0 Å². The van der Waals surface area contributed by atoms with Gasteiger partial charge in [0.05, 0.1) is 9.40 Å². The minimum Gasteiger partial charge on any atom is -0.134 e. The van der Waals surface area contributed by atoms with Crippen LogP contribution in [-0.2, 0) is 0 Å². The summed E-state index contributed by atoms with van der Waals surface area (Å²) in [4.78, 5) is 0. The summed E-state index contributed by atoms with van der Waals surface area (Å²) in [5.41, 5.74) is 0. The maximum atomic E-state index is 2.39. The lowest BCUT2D eigenvalue weighted by Crippen LogP contribution is -1.67. The third-order valence-corrected chi connectivity index (χ3v) is 6.88. The Labute approximate surface area is 139 Å². The van der Waals surface area contributed by atoms with Gasteiger partial charge in [0.1, 0.15) is 0 Å². The Morgan fingerprint density at radius 3 is 1.56 bits per heavy atom. The number of halogens is 2. The van der Waals surface area contributed by atoms with Crippen LogP contribution in [0.1, 0.15) is 0 Å². The summed E-state index contributed by atoms with van der Waals surface area (Å²) in [5, 5.41) is 2.83. The van der Waals surface area contributed by atoms with Crippen molar-refractivity contribution in [1.82, 2.24) is 0 Å². The van der Waals surface area contributed by atoms with Crippen molar-refractivity contribution in [3.8, 4) is 0 Å². The largest absolute Gasteiger partial charge is 0.134 e. The summed E-state index contributed by atoms with van der Waals surface area (Å²) < 4.78 is 8.32. The van der Waals surface area contributed by atoms with Gasteiger partial charge in [-0.1, -0.05) is 0 Å². The number of fused-ring (bicyclic) bond motifs is 5. The fourth-order valence-electron chi connectivity index (χ4n) is 2.20. The summed E-state index contributed by atoms with van der Waals surface area (Å²) in [5.74, 6) is 0. The van der Waals surface area contributed by atoms with Crippen LogP contribution in [0.4, 0.5) is 0 Å². The molecule has 0 N–H and O–H groups in total. The van der Waals surface area contributed by atoms with Crippen molar-refractivity contribution >= 4 is 97.4 Å². The molecule has 4 heteroatoms. The Morgan fingerprint density at radius 1 is 0.667 bits per heavy atom. The first-order chi connectivity index (χ1) is 8.72. The van der Waals surface area contributed by atoms with Gasteiger partial charge in [0, 0.05) is 27.3 Å². The Bertz CT molecular complexity index is 826. The van der Waals surface area contributed by atoms with Crippen LogP contribution in [0.5, 0.6) is 0 Å². The predicted octanol–water partition coefficient (Wildman–Crippen LogP) is 6.48. The van der Waals surface area contributed by atoms with Gasteiger partial charge < -0.3 is 0 Å². The highest BCUT2D eigenvalue weighted by atomic mass is 127. The molecule has 0 unspecified atom stereocenters. The van der Waals surface area contributed by atoms with E-state index in [4.69, 9.17) is 0 Å². The second kappa shape index (κ2) is 4.29. The number of rotatable bonds is 0. The summed E-state index contributed by atoms with van der Waals surface area (Å²) in [6.07, 6.45) is 0. The molecule has 4 rings (SSSR count). The molecule has 2 aromatic heterocycles. The van der Waals surface area contributed by atoms with Gasteiger partial charge in [0.15, 0.2) is 0 Å². The average molecular weight is 492 g/mol. The molecule has 0 amide bonds. The second-order valence-corrected chi connectivity index (χ2v) is 8.74. The molecule has 0 aliphatic carbocycles. The summed E-state index contributed by atoms with van der Waals surface area (Å²) in [6.45, 7) is 0. The predicted molar refractivity (Wildman–Crippen MR) is 100 cm³/mol. The average Bonchev–Trinajstić information content (AvgIpc) is 2.86. The zero-order valence-corrected chi connectivity index (χ0v) is 15.0. The third kappa shape index (κ3) is 1.72. The van der Waals surface area contributed by atoms with Crippen LogP contribution in [0.25, 0.3) is 29.6 Å². The van der Waals surface area contributed by atoms with E-state index in [-0.39, 0.29) is 0 Å². The van der Waals surface area contributed by atoms with Gasteiger partial charge in [-0.15, -0.1) is 22.7 Å². The van der Waals surface area contributed by atoms with E-state index in [1.54, 1.807) is 0 Å². The number of thiophene rings is 2. The maximum Gasteiger partial charge on any atom is 0.0542 e. The van der Waals surface area contributed by atoms with Gasteiger partial charge in [0.2, 0.25) is 0 Å². The van der Waals surface area contributed by atoms with Crippen molar-refractivity contribution in [3.05, 3.63) is 43.5 Å². The Balaban J connectivity index is 2.26. The molecule has 0 spiro atoms.